The van der Waals surface area contributed by atoms with Gasteiger partial charge in [-0.1, -0.05) is 24.3 Å². The Kier molecular flexibility index (Phi) is 4.30. The fourth-order valence-corrected chi connectivity index (χ4v) is 2.05. The molecule has 0 aliphatic carbocycles. The van der Waals surface area contributed by atoms with Crippen molar-refractivity contribution < 1.29 is 9.90 Å². The lowest BCUT2D eigenvalue weighted by Gasteiger charge is -2.14. The van der Waals surface area contributed by atoms with Gasteiger partial charge in [-0.3, -0.25) is 9.48 Å². The van der Waals surface area contributed by atoms with Gasteiger partial charge in [-0.2, -0.15) is 5.10 Å². The van der Waals surface area contributed by atoms with E-state index < -0.39 is 0 Å². The average molecular weight is 259 g/mol. The Hall–Kier alpha value is -2.14. The third kappa shape index (κ3) is 2.82. The second-order valence-electron chi connectivity index (χ2n) is 4.17. The van der Waals surface area contributed by atoms with Crippen molar-refractivity contribution >= 4 is 6.41 Å². The van der Waals surface area contributed by atoms with E-state index in [1.807, 2.05) is 41.9 Å². The number of carbonyl (C=O) groups excluding carboxylic acids is 1. The number of aliphatic hydroxyl groups excluding tert-OH is 1. The molecule has 0 fully saturated rings. The highest BCUT2D eigenvalue weighted by atomic mass is 16.3. The Labute approximate surface area is 111 Å². The number of rotatable bonds is 6. The Morgan fingerprint density at radius 2 is 2.11 bits per heavy atom. The maximum atomic E-state index is 10.5. The maximum Gasteiger partial charge on any atom is 0.207 e. The van der Waals surface area contributed by atoms with Gasteiger partial charge in [-0.05, 0) is 24.1 Å². The number of aliphatic hydroxyl groups is 1. The summed E-state index contributed by atoms with van der Waals surface area (Å²) >= 11 is 0. The molecule has 1 heterocycles. The van der Waals surface area contributed by atoms with Crippen LogP contribution in [0, 0.1) is 0 Å². The number of hydrogen-bond acceptors (Lipinski definition) is 3. The topological polar surface area (TPSA) is 67.2 Å². The third-order valence-corrected chi connectivity index (χ3v) is 3.08. The lowest BCUT2D eigenvalue weighted by atomic mass is 10.0. The molecule has 1 aromatic carbocycles. The van der Waals surface area contributed by atoms with Crippen LogP contribution in [0.2, 0.25) is 0 Å². The van der Waals surface area contributed by atoms with E-state index in [1.54, 1.807) is 6.20 Å². The highest BCUT2D eigenvalue weighted by Gasteiger charge is 2.10. The van der Waals surface area contributed by atoms with Crippen LogP contribution in [0.25, 0.3) is 11.3 Å². The Bertz CT molecular complexity index is 534. The monoisotopic (exact) mass is 259 g/mol. The number of carbonyl (C=O) groups is 1. The SMILES string of the molecule is CCn1nccc1-c1ccc(C(CO)NC=O)cc1. The highest BCUT2D eigenvalue weighted by Crippen LogP contribution is 2.21. The van der Waals surface area contributed by atoms with Crippen LogP contribution in [-0.2, 0) is 11.3 Å². The molecule has 5 nitrogen and oxygen atoms in total. The molecule has 2 aromatic rings. The predicted octanol–water partition coefficient (Wildman–Crippen LogP) is 1.35. The number of hydrogen-bond donors (Lipinski definition) is 2. The van der Waals surface area contributed by atoms with Gasteiger partial charge in [0.15, 0.2) is 0 Å². The zero-order valence-electron chi connectivity index (χ0n) is 10.8. The van der Waals surface area contributed by atoms with E-state index in [-0.39, 0.29) is 12.6 Å². The first-order chi connectivity index (χ1) is 9.30. The predicted molar refractivity (Wildman–Crippen MR) is 72.4 cm³/mol. The molecule has 1 unspecified atom stereocenters. The van der Waals surface area contributed by atoms with Crippen LogP contribution in [-0.4, -0.2) is 27.9 Å². The van der Waals surface area contributed by atoms with Crippen molar-refractivity contribution in [2.45, 2.75) is 19.5 Å². The molecule has 0 radical (unpaired) electrons. The van der Waals surface area contributed by atoms with Gasteiger partial charge in [0.25, 0.3) is 0 Å². The summed E-state index contributed by atoms with van der Waals surface area (Å²) in [7, 11) is 0. The van der Waals surface area contributed by atoms with Crippen molar-refractivity contribution in [2.24, 2.45) is 0 Å². The van der Waals surface area contributed by atoms with Crippen LogP contribution in [0.4, 0.5) is 0 Å². The number of aromatic nitrogens is 2. The molecule has 0 saturated carbocycles. The van der Waals surface area contributed by atoms with E-state index in [2.05, 4.69) is 10.4 Å². The van der Waals surface area contributed by atoms with Crippen LogP contribution in [0.15, 0.2) is 36.5 Å². The molecule has 2 rings (SSSR count). The minimum absolute atomic E-state index is 0.120. The zero-order chi connectivity index (χ0) is 13.7. The van der Waals surface area contributed by atoms with Crippen LogP contribution in [0.5, 0.6) is 0 Å². The summed E-state index contributed by atoms with van der Waals surface area (Å²) in [6, 6.07) is 9.34. The quantitative estimate of drug-likeness (QED) is 0.769. The molecule has 0 bridgehead atoms. The van der Waals surface area contributed by atoms with Crippen molar-refractivity contribution in [3.05, 3.63) is 42.1 Å². The molecular weight excluding hydrogens is 242 g/mol. The third-order valence-electron chi connectivity index (χ3n) is 3.08. The van der Waals surface area contributed by atoms with E-state index in [4.69, 9.17) is 0 Å². The molecule has 2 N–H and O–H groups in total. The van der Waals surface area contributed by atoms with E-state index in [1.165, 1.54) is 0 Å². The van der Waals surface area contributed by atoms with Gasteiger partial charge >= 0.3 is 0 Å². The van der Waals surface area contributed by atoms with Gasteiger partial charge in [-0.15, -0.1) is 0 Å². The number of aryl methyl sites for hydroxylation is 1. The summed E-state index contributed by atoms with van der Waals surface area (Å²) in [5.74, 6) is 0. The van der Waals surface area contributed by atoms with Crippen molar-refractivity contribution in [1.82, 2.24) is 15.1 Å². The molecule has 1 atom stereocenters. The van der Waals surface area contributed by atoms with E-state index >= 15 is 0 Å². The second-order valence-corrected chi connectivity index (χ2v) is 4.17. The van der Waals surface area contributed by atoms with Crippen molar-refractivity contribution in [3.63, 3.8) is 0 Å². The van der Waals surface area contributed by atoms with Crippen LogP contribution in [0.3, 0.4) is 0 Å². The van der Waals surface area contributed by atoms with Gasteiger partial charge in [0.1, 0.15) is 0 Å². The normalized spacial score (nSPS) is 12.1. The second kappa shape index (κ2) is 6.15. The van der Waals surface area contributed by atoms with E-state index in [9.17, 15) is 9.90 Å². The van der Waals surface area contributed by atoms with Crippen molar-refractivity contribution in [3.8, 4) is 11.3 Å². The molecule has 1 aromatic heterocycles. The number of benzene rings is 1. The molecule has 0 aliphatic rings. The van der Waals surface area contributed by atoms with Gasteiger partial charge in [0.2, 0.25) is 6.41 Å². The number of nitrogens with one attached hydrogen (secondary N) is 1. The molecular formula is C14H17N3O2. The van der Waals surface area contributed by atoms with Crippen LogP contribution >= 0.6 is 0 Å². The van der Waals surface area contributed by atoms with Gasteiger partial charge < -0.3 is 10.4 Å². The van der Waals surface area contributed by atoms with E-state index in [0.717, 1.165) is 23.4 Å². The summed E-state index contributed by atoms with van der Waals surface area (Å²) in [4.78, 5) is 10.5. The number of nitrogens with zero attached hydrogens (tertiary/aromatic N) is 2. The minimum Gasteiger partial charge on any atom is -0.394 e. The van der Waals surface area contributed by atoms with Gasteiger partial charge in [0, 0.05) is 12.7 Å². The molecule has 5 heteroatoms. The summed E-state index contributed by atoms with van der Waals surface area (Å²) < 4.78 is 1.92. The molecule has 0 saturated heterocycles. The first-order valence-electron chi connectivity index (χ1n) is 6.22. The van der Waals surface area contributed by atoms with Crippen molar-refractivity contribution in [2.75, 3.05) is 6.61 Å². The summed E-state index contributed by atoms with van der Waals surface area (Å²) in [5.41, 5.74) is 2.99. The standard InChI is InChI=1S/C14H17N3O2/c1-2-17-14(7-8-16-17)12-5-3-11(4-6-12)13(9-18)15-10-19/h3-8,10,13,18H,2,9H2,1H3,(H,15,19). The Balaban J connectivity index is 2.25. The molecule has 1 amide bonds. The fourth-order valence-electron chi connectivity index (χ4n) is 2.05. The summed E-state index contributed by atoms with van der Waals surface area (Å²) in [6.07, 6.45) is 2.37. The lowest BCUT2D eigenvalue weighted by Crippen LogP contribution is -2.22. The lowest BCUT2D eigenvalue weighted by molar-refractivity contribution is -0.110. The van der Waals surface area contributed by atoms with E-state index in [0.29, 0.717) is 6.41 Å². The molecule has 100 valence electrons. The van der Waals surface area contributed by atoms with Gasteiger partial charge in [-0.25, -0.2) is 0 Å². The minimum atomic E-state index is -0.359. The first kappa shape index (κ1) is 13.3. The highest BCUT2D eigenvalue weighted by molar-refractivity contribution is 5.60. The van der Waals surface area contributed by atoms with Crippen LogP contribution < -0.4 is 5.32 Å². The summed E-state index contributed by atoms with van der Waals surface area (Å²) in [5, 5.41) is 16.0. The Morgan fingerprint density at radius 1 is 1.37 bits per heavy atom. The zero-order valence-corrected chi connectivity index (χ0v) is 10.8. The van der Waals surface area contributed by atoms with Crippen LogP contribution in [0.1, 0.15) is 18.5 Å². The molecule has 0 aliphatic heterocycles. The largest absolute Gasteiger partial charge is 0.394 e. The fraction of sp³-hybridized carbons (Fsp3) is 0.286. The number of amides is 1. The van der Waals surface area contributed by atoms with Gasteiger partial charge in [0.05, 0.1) is 18.3 Å². The average Bonchev–Trinajstić information content (AvgIpc) is 2.93. The van der Waals surface area contributed by atoms with Crippen molar-refractivity contribution in [1.29, 1.82) is 0 Å². The molecule has 0 spiro atoms. The molecule has 19 heavy (non-hydrogen) atoms. The summed E-state index contributed by atoms with van der Waals surface area (Å²) in [6.45, 7) is 2.74. The maximum absolute atomic E-state index is 10.5. The Morgan fingerprint density at radius 3 is 2.68 bits per heavy atom. The smallest absolute Gasteiger partial charge is 0.207 e. The first-order valence-corrected chi connectivity index (χ1v) is 6.22.